The molecule has 1 aromatic heterocycles. The van der Waals surface area contributed by atoms with Crippen LogP contribution in [0.25, 0.3) is 0 Å². The molecule has 10 nitrogen and oxygen atoms in total. The maximum absolute atomic E-state index is 12.7. The van der Waals surface area contributed by atoms with Crippen LogP contribution >= 0.6 is 0 Å². The first kappa shape index (κ1) is 24.7. The molecule has 0 aliphatic carbocycles. The van der Waals surface area contributed by atoms with Crippen LogP contribution in [0, 0.1) is 5.92 Å². The molecule has 10 heteroatoms. The van der Waals surface area contributed by atoms with E-state index in [1.54, 1.807) is 16.6 Å². The number of anilines is 1. The molecule has 2 amide bonds. The van der Waals surface area contributed by atoms with Gasteiger partial charge in [0.2, 0.25) is 0 Å². The summed E-state index contributed by atoms with van der Waals surface area (Å²) >= 11 is 0. The molecule has 0 saturated heterocycles. The summed E-state index contributed by atoms with van der Waals surface area (Å²) < 4.78 is 13.3. The Hall–Kier alpha value is -2.98. The number of ether oxygens (including phenoxy) is 2. The molecular formula is C23H34N6O4. The van der Waals surface area contributed by atoms with E-state index in [0.717, 1.165) is 5.69 Å². The zero-order chi connectivity index (χ0) is 23.6. The van der Waals surface area contributed by atoms with E-state index in [9.17, 15) is 9.59 Å². The zero-order valence-corrected chi connectivity index (χ0v) is 19.6. The number of para-hydroxylation sites is 1. The Kier molecular flexibility index (Phi) is 9.20. The molecule has 180 valence electrons. The van der Waals surface area contributed by atoms with Gasteiger partial charge in [-0.05, 0) is 31.4 Å². The number of cyclic esters (lactones) is 1. The van der Waals surface area contributed by atoms with E-state index in [1.165, 1.54) is 0 Å². The standard InChI is InChI=1S/C23H34N6O4/c1-17-12-24-18(2)15-33-22(30)10-7-11-29-13-20(26-27-29)16-32-21(17)14-28(3)23(31)25-19-8-5-4-6-9-19/h4-6,8-9,13,17-18,21,24H,7,10-12,14-16H2,1-3H3,(H,25,31)/t17-,18+,21-/m1/s1. The van der Waals surface area contributed by atoms with Gasteiger partial charge in [-0.1, -0.05) is 30.3 Å². The summed E-state index contributed by atoms with van der Waals surface area (Å²) in [4.78, 5) is 26.3. The average molecular weight is 459 g/mol. The third-order valence-electron chi connectivity index (χ3n) is 5.54. The summed E-state index contributed by atoms with van der Waals surface area (Å²) in [6.07, 6.45) is 2.56. The van der Waals surface area contributed by atoms with Crippen LogP contribution in [0.1, 0.15) is 32.4 Å². The molecule has 2 bridgehead atoms. The largest absolute Gasteiger partial charge is 0.464 e. The number of fused-ring (bicyclic) bond motifs is 2. The fraction of sp³-hybridized carbons (Fsp3) is 0.565. The van der Waals surface area contributed by atoms with E-state index in [4.69, 9.17) is 9.47 Å². The van der Waals surface area contributed by atoms with Gasteiger partial charge in [-0.15, -0.1) is 5.10 Å². The van der Waals surface area contributed by atoms with Crippen molar-refractivity contribution < 1.29 is 19.1 Å². The number of amides is 2. The molecule has 0 saturated carbocycles. The Labute approximate surface area is 194 Å². The van der Waals surface area contributed by atoms with Crippen molar-refractivity contribution in [2.75, 3.05) is 32.1 Å². The van der Waals surface area contributed by atoms with Gasteiger partial charge in [0.05, 0.1) is 18.9 Å². The van der Waals surface area contributed by atoms with E-state index in [1.807, 2.05) is 43.5 Å². The molecule has 0 spiro atoms. The van der Waals surface area contributed by atoms with E-state index in [-0.39, 0.29) is 30.1 Å². The van der Waals surface area contributed by atoms with Crippen molar-refractivity contribution in [1.82, 2.24) is 25.2 Å². The summed E-state index contributed by atoms with van der Waals surface area (Å²) in [5.74, 6) is -0.130. The van der Waals surface area contributed by atoms with E-state index in [2.05, 4.69) is 27.9 Å². The minimum absolute atomic E-state index is 0.0108. The second-order valence-electron chi connectivity index (χ2n) is 8.57. The lowest BCUT2D eigenvalue weighted by Crippen LogP contribution is -2.44. The van der Waals surface area contributed by atoms with Crippen LogP contribution in [-0.2, 0) is 27.4 Å². The first-order chi connectivity index (χ1) is 15.9. The van der Waals surface area contributed by atoms with Gasteiger partial charge in [-0.3, -0.25) is 9.48 Å². The molecule has 2 aromatic rings. The number of esters is 1. The van der Waals surface area contributed by atoms with Gasteiger partial charge in [0.15, 0.2) is 0 Å². The average Bonchev–Trinajstić information content (AvgIpc) is 3.26. The van der Waals surface area contributed by atoms with Crippen LogP contribution in [0.2, 0.25) is 0 Å². The highest BCUT2D eigenvalue weighted by atomic mass is 16.5. The number of hydrogen-bond acceptors (Lipinski definition) is 7. The van der Waals surface area contributed by atoms with Gasteiger partial charge < -0.3 is 25.0 Å². The molecule has 0 radical (unpaired) electrons. The second kappa shape index (κ2) is 12.3. The number of hydrogen-bond donors (Lipinski definition) is 2. The van der Waals surface area contributed by atoms with Crippen molar-refractivity contribution >= 4 is 17.7 Å². The Balaban J connectivity index is 1.65. The minimum atomic E-state index is -0.239. The highest BCUT2D eigenvalue weighted by Crippen LogP contribution is 2.14. The molecular weight excluding hydrogens is 424 g/mol. The number of aryl methyl sites for hydroxylation is 1. The monoisotopic (exact) mass is 458 g/mol. The van der Waals surface area contributed by atoms with Crippen LogP contribution in [0.5, 0.6) is 0 Å². The maximum Gasteiger partial charge on any atom is 0.321 e. The predicted molar refractivity (Wildman–Crippen MR) is 124 cm³/mol. The normalized spacial score (nSPS) is 22.9. The molecule has 0 fully saturated rings. The quantitative estimate of drug-likeness (QED) is 0.679. The molecule has 1 aromatic carbocycles. The molecule has 33 heavy (non-hydrogen) atoms. The number of benzene rings is 1. The van der Waals surface area contributed by atoms with E-state index >= 15 is 0 Å². The number of aromatic nitrogens is 3. The van der Waals surface area contributed by atoms with Crippen molar-refractivity contribution in [3.05, 3.63) is 42.2 Å². The van der Waals surface area contributed by atoms with Crippen LogP contribution in [-0.4, -0.2) is 70.8 Å². The van der Waals surface area contributed by atoms with Crippen LogP contribution in [0.4, 0.5) is 10.5 Å². The maximum atomic E-state index is 12.7. The van der Waals surface area contributed by atoms with Crippen molar-refractivity contribution in [3.8, 4) is 0 Å². The topological polar surface area (TPSA) is 111 Å². The zero-order valence-electron chi connectivity index (χ0n) is 19.6. The van der Waals surface area contributed by atoms with Crippen molar-refractivity contribution in [2.45, 2.75) is 52.0 Å². The summed E-state index contributed by atoms with van der Waals surface area (Å²) in [6, 6.07) is 9.15. The predicted octanol–water partition coefficient (Wildman–Crippen LogP) is 2.28. The number of likely N-dealkylation sites (N-methyl/N-ethyl adjacent to an activating group) is 1. The number of carbonyl (C=O) groups is 2. The van der Waals surface area contributed by atoms with Gasteiger partial charge in [0.1, 0.15) is 12.3 Å². The third-order valence-corrected chi connectivity index (χ3v) is 5.54. The van der Waals surface area contributed by atoms with Crippen molar-refractivity contribution in [1.29, 1.82) is 0 Å². The summed E-state index contributed by atoms with van der Waals surface area (Å²) in [5.41, 5.74) is 1.45. The molecule has 3 atom stereocenters. The summed E-state index contributed by atoms with van der Waals surface area (Å²) in [6.45, 7) is 6.28. The van der Waals surface area contributed by atoms with Gasteiger partial charge >= 0.3 is 12.0 Å². The Morgan fingerprint density at radius 3 is 2.88 bits per heavy atom. The second-order valence-corrected chi connectivity index (χ2v) is 8.57. The van der Waals surface area contributed by atoms with Crippen molar-refractivity contribution in [3.63, 3.8) is 0 Å². The van der Waals surface area contributed by atoms with Crippen LogP contribution in [0.15, 0.2) is 36.5 Å². The van der Waals surface area contributed by atoms with E-state index in [0.29, 0.717) is 51.4 Å². The SMILES string of the molecule is C[C@@H]1CN[C@@H](C)COC(=O)CCCn2cc(nn2)CO[C@@H]1CN(C)C(=O)Nc1ccccc1. The molecule has 1 aliphatic rings. The Bertz CT molecular complexity index is 890. The third kappa shape index (κ3) is 8.14. The van der Waals surface area contributed by atoms with Gasteiger partial charge in [0.25, 0.3) is 0 Å². The fourth-order valence-corrected chi connectivity index (χ4v) is 3.45. The van der Waals surface area contributed by atoms with Gasteiger partial charge in [0, 0.05) is 44.8 Å². The summed E-state index contributed by atoms with van der Waals surface area (Å²) in [5, 5.41) is 14.6. The molecule has 2 heterocycles. The Morgan fingerprint density at radius 1 is 1.30 bits per heavy atom. The number of nitrogens with one attached hydrogen (secondary N) is 2. The first-order valence-corrected chi connectivity index (χ1v) is 11.4. The highest BCUT2D eigenvalue weighted by molar-refractivity contribution is 5.89. The number of urea groups is 1. The van der Waals surface area contributed by atoms with Gasteiger partial charge in [-0.2, -0.15) is 0 Å². The molecule has 3 rings (SSSR count). The molecule has 2 N–H and O–H groups in total. The number of nitrogens with zero attached hydrogens (tertiary/aromatic N) is 4. The van der Waals surface area contributed by atoms with E-state index < -0.39 is 0 Å². The number of rotatable bonds is 3. The smallest absolute Gasteiger partial charge is 0.321 e. The lowest BCUT2D eigenvalue weighted by molar-refractivity contribution is -0.144. The first-order valence-electron chi connectivity index (χ1n) is 11.4. The minimum Gasteiger partial charge on any atom is -0.464 e. The Morgan fingerprint density at radius 2 is 2.09 bits per heavy atom. The van der Waals surface area contributed by atoms with Crippen molar-refractivity contribution in [2.24, 2.45) is 5.92 Å². The number of carbonyl (C=O) groups excluding carboxylic acids is 2. The van der Waals surface area contributed by atoms with Crippen LogP contribution < -0.4 is 10.6 Å². The highest BCUT2D eigenvalue weighted by Gasteiger charge is 2.24. The van der Waals surface area contributed by atoms with Gasteiger partial charge in [-0.25, -0.2) is 4.79 Å². The fourth-order valence-electron chi connectivity index (χ4n) is 3.45. The molecule has 1 aliphatic heterocycles. The molecule has 0 unspecified atom stereocenters. The lowest BCUT2D eigenvalue weighted by Gasteiger charge is -2.30. The summed E-state index contributed by atoms with van der Waals surface area (Å²) in [7, 11) is 1.75. The van der Waals surface area contributed by atoms with Crippen LogP contribution in [0.3, 0.4) is 0 Å². The lowest BCUT2D eigenvalue weighted by atomic mass is 10.0.